The van der Waals surface area contributed by atoms with Gasteiger partial charge in [0.05, 0.1) is 6.10 Å². The highest BCUT2D eigenvalue weighted by Crippen LogP contribution is 2.36. The van der Waals surface area contributed by atoms with Gasteiger partial charge in [-0.05, 0) is 12.8 Å². The average Bonchev–Trinajstić information content (AvgIpc) is 2.99. The first-order valence-electron chi connectivity index (χ1n) is 5.25. The molecule has 1 aromatic rings. The lowest BCUT2D eigenvalue weighted by Crippen LogP contribution is -2.21. The SMILES string of the molecule is CN(C)c1c(OC2CC2)ccnc1S(N)(=O)=O. The van der Waals surface area contributed by atoms with Crippen molar-refractivity contribution >= 4 is 15.7 Å². The molecule has 0 aliphatic heterocycles. The van der Waals surface area contributed by atoms with Crippen LogP contribution in [0.1, 0.15) is 12.8 Å². The molecule has 1 fully saturated rings. The van der Waals surface area contributed by atoms with Crippen molar-refractivity contribution < 1.29 is 13.2 Å². The molecule has 6 nitrogen and oxygen atoms in total. The fourth-order valence-electron chi connectivity index (χ4n) is 1.50. The molecule has 1 aliphatic rings. The molecule has 7 heteroatoms. The van der Waals surface area contributed by atoms with E-state index in [9.17, 15) is 8.42 Å². The summed E-state index contributed by atoms with van der Waals surface area (Å²) in [6.45, 7) is 0. The second-order valence-corrected chi connectivity index (χ2v) is 5.70. The van der Waals surface area contributed by atoms with Crippen molar-refractivity contribution in [2.24, 2.45) is 5.14 Å². The van der Waals surface area contributed by atoms with E-state index in [4.69, 9.17) is 9.88 Å². The zero-order valence-electron chi connectivity index (χ0n) is 9.75. The number of hydrogen-bond donors (Lipinski definition) is 1. The Balaban J connectivity index is 2.51. The van der Waals surface area contributed by atoms with Gasteiger partial charge in [-0.2, -0.15) is 0 Å². The predicted octanol–water partition coefficient (Wildman–Crippen LogP) is 0.336. The molecular formula is C10H15N3O3S. The van der Waals surface area contributed by atoms with Gasteiger partial charge >= 0.3 is 0 Å². The van der Waals surface area contributed by atoms with E-state index in [1.54, 1.807) is 25.1 Å². The van der Waals surface area contributed by atoms with Gasteiger partial charge in [0.25, 0.3) is 10.0 Å². The third-order valence-electron chi connectivity index (χ3n) is 2.39. The molecule has 0 spiro atoms. The van der Waals surface area contributed by atoms with Crippen LogP contribution < -0.4 is 14.8 Å². The molecule has 1 saturated carbocycles. The van der Waals surface area contributed by atoms with E-state index in [1.807, 2.05) is 0 Å². The summed E-state index contributed by atoms with van der Waals surface area (Å²) in [5.74, 6) is 0.511. The number of aromatic nitrogens is 1. The zero-order chi connectivity index (χ0) is 12.6. The lowest BCUT2D eigenvalue weighted by Gasteiger charge is -2.19. The van der Waals surface area contributed by atoms with Gasteiger partial charge in [-0.3, -0.25) is 0 Å². The number of sulfonamides is 1. The molecule has 2 N–H and O–H groups in total. The number of primary sulfonamides is 1. The predicted molar refractivity (Wildman–Crippen MR) is 63.6 cm³/mol. The number of hydrogen-bond acceptors (Lipinski definition) is 5. The van der Waals surface area contributed by atoms with Crippen molar-refractivity contribution in [2.45, 2.75) is 24.0 Å². The fourth-order valence-corrected chi connectivity index (χ4v) is 2.26. The lowest BCUT2D eigenvalue weighted by atomic mass is 10.3. The molecule has 2 rings (SSSR count). The fraction of sp³-hybridized carbons (Fsp3) is 0.500. The highest BCUT2D eigenvalue weighted by molar-refractivity contribution is 7.89. The topological polar surface area (TPSA) is 85.5 Å². The van der Waals surface area contributed by atoms with Crippen molar-refractivity contribution in [2.75, 3.05) is 19.0 Å². The number of pyridine rings is 1. The summed E-state index contributed by atoms with van der Waals surface area (Å²) in [5.41, 5.74) is 0.405. The third-order valence-corrected chi connectivity index (χ3v) is 3.23. The summed E-state index contributed by atoms with van der Waals surface area (Å²) in [4.78, 5) is 5.47. The van der Waals surface area contributed by atoms with Crippen LogP contribution in [0.25, 0.3) is 0 Å². The van der Waals surface area contributed by atoms with Crippen molar-refractivity contribution in [3.63, 3.8) is 0 Å². The molecule has 0 bridgehead atoms. The molecular weight excluding hydrogens is 242 g/mol. The summed E-state index contributed by atoms with van der Waals surface area (Å²) in [6.07, 6.45) is 3.58. The van der Waals surface area contributed by atoms with E-state index in [2.05, 4.69) is 4.98 Å². The Morgan fingerprint density at radius 2 is 2.12 bits per heavy atom. The molecule has 0 radical (unpaired) electrons. The van der Waals surface area contributed by atoms with Crippen LogP contribution in [0, 0.1) is 0 Å². The van der Waals surface area contributed by atoms with Gasteiger partial charge < -0.3 is 9.64 Å². The largest absolute Gasteiger partial charge is 0.488 e. The van der Waals surface area contributed by atoms with E-state index < -0.39 is 10.0 Å². The van der Waals surface area contributed by atoms with Crippen LogP contribution in [0.2, 0.25) is 0 Å². The molecule has 1 aliphatic carbocycles. The lowest BCUT2D eigenvalue weighted by molar-refractivity contribution is 0.302. The van der Waals surface area contributed by atoms with E-state index in [0.29, 0.717) is 11.4 Å². The minimum atomic E-state index is -3.85. The minimum absolute atomic E-state index is 0.152. The van der Waals surface area contributed by atoms with E-state index >= 15 is 0 Å². The first-order chi connectivity index (χ1) is 7.89. The Bertz CT molecular complexity index is 524. The van der Waals surface area contributed by atoms with Crippen LogP contribution in [0.3, 0.4) is 0 Å². The monoisotopic (exact) mass is 257 g/mol. The molecule has 0 aromatic carbocycles. The van der Waals surface area contributed by atoms with E-state index in [0.717, 1.165) is 12.8 Å². The summed E-state index contributed by atoms with van der Waals surface area (Å²) < 4.78 is 28.5. The highest BCUT2D eigenvalue weighted by Gasteiger charge is 2.28. The summed E-state index contributed by atoms with van der Waals surface area (Å²) in [7, 11) is -0.394. The van der Waals surface area contributed by atoms with Crippen LogP contribution in [-0.4, -0.2) is 33.6 Å². The first kappa shape index (κ1) is 12.1. The summed E-state index contributed by atoms with van der Waals surface area (Å²) >= 11 is 0. The maximum absolute atomic E-state index is 11.4. The Kier molecular flexibility index (Phi) is 2.96. The van der Waals surface area contributed by atoms with Gasteiger partial charge in [0.1, 0.15) is 11.4 Å². The highest BCUT2D eigenvalue weighted by atomic mass is 32.2. The molecule has 1 aromatic heterocycles. The molecule has 0 saturated heterocycles. The maximum atomic E-state index is 11.4. The zero-order valence-corrected chi connectivity index (χ0v) is 10.6. The van der Waals surface area contributed by atoms with Crippen molar-refractivity contribution in [1.29, 1.82) is 0 Å². The van der Waals surface area contributed by atoms with E-state index in [1.165, 1.54) is 6.20 Å². The number of rotatable bonds is 4. The normalized spacial score (nSPS) is 15.7. The number of anilines is 1. The van der Waals surface area contributed by atoms with Gasteiger partial charge in [-0.1, -0.05) is 0 Å². The van der Waals surface area contributed by atoms with Crippen molar-refractivity contribution in [1.82, 2.24) is 4.98 Å². The van der Waals surface area contributed by atoms with Gasteiger partial charge in [0.15, 0.2) is 5.03 Å². The Morgan fingerprint density at radius 1 is 1.47 bits per heavy atom. The van der Waals surface area contributed by atoms with Crippen LogP contribution in [-0.2, 0) is 10.0 Å². The molecule has 17 heavy (non-hydrogen) atoms. The molecule has 1 heterocycles. The number of nitrogens with zero attached hydrogens (tertiary/aromatic N) is 2. The van der Waals surface area contributed by atoms with Crippen LogP contribution >= 0.6 is 0 Å². The maximum Gasteiger partial charge on any atom is 0.257 e. The van der Waals surface area contributed by atoms with Gasteiger partial charge in [0.2, 0.25) is 0 Å². The molecule has 0 amide bonds. The van der Waals surface area contributed by atoms with Crippen LogP contribution in [0.4, 0.5) is 5.69 Å². The Labute approximate surface area is 100 Å². The first-order valence-corrected chi connectivity index (χ1v) is 6.80. The third kappa shape index (κ3) is 2.67. The standard InChI is InChI=1S/C10H15N3O3S/c1-13(2)9-8(16-7-3-4-7)5-6-12-10(9)17(11,14)15/h5-7H,3-4H2,1-2H3,(H2,11,14,15). The average molecular weight is 257 g/mol. The minimum Gasteiger partial charge on any atom is -0.488 e. The van der Waals surface area contributed by atoms with Gasteiger partial charge in [0, 0.05) is 26.4 Å². The molecule has 0 unspecified atom stereocenters. The van der Waals surface area contributed by atoms with Crippen molar-refractivity contribution in [3.05, 3.63) is 12.3 Å². The molecule has 94 valence electrons. The van der Waals surface area contributed by atoms with Crippen molar-refractivity contribution in [3.8, 4) is 5.75 Å². The second-order valence-electron chi connectivity index (χ2n) is 4.22. The second kappa shape index (κ2) is 4.15. The smallest absolute Gasteiger partial charge is 0.257 e. The van der Waals surface area contributed by atoms with Gasteiger partial charge in [-0.25, -0.2) is 18.5 Å². The number of nitrogens with two attached hydrogens (primary N) is 1. The van der Waals surface area contributed by atoms with Gasteiger partial charge in [-0.15, -0.1) is 0 Å². The van der Waals surface area contributed by atoms with Crippen LogP contribution in [0.5, 0.6) is 5.75 Å². The Hall–Kier alpha value is -1.34. The van der Waals surface area contributed by atoms with E-state index in [-0.39, 0.29) is 11.1 Å². The number of ether oxygens (including phenoxy) is 1. The molecule has 0 atom stereocenters. The summed E-state index contributed by atoms with van der Waals surface area (Å²) in [5, 5.41) is 4.99. The van der Waals surface area contributed by atoms with Crippen LogP contribution in [0.15, 0.2) is 17.3 Å². The summed E-state index contributed by atoms with van der Waals surface area (Å²) in [6, 6.07) is 1.66. The Morgan fingerprint density at radius 3 is 2.59 bits per heavy atom. The quantitative estimate of drug-likeness (QED) is 0.840.